The van der Waals surface area contributed by atoms with E-state index >= 15 is 0 Å². The molecule has 0 amide bonds. The number of hydrogen-bond acceptors (Lipinski definition) is 2. The van der Waals surface area contributed by atoms with Gasteiger partial charge in [0.15, 0.2) is 0 Å². The molecular weight excluding hydrogens is 220 g/mol. The Balaban J connectivity index is 1.98. The van der Waals surface area contributed by atoms with Gasteiger partial charge in [-0.05, 0) is 57.5 Å². The fourth-order valence-corrected chi connectivity index (χ4v) is 2.91. The molecular formula is C16H26N2. The molecule has 1 aliphatic rings. The van der Waals surface area contributed by atoms with E-state index in [0.717, 1.165) is 19.1 Å². The maximum atomic E-state index is 3.28. The Bertz CT molecular complexity index is 362. The van der Waals surface area contributed by atoms with Gasteiger partial charge in [0.05, 0.1) is 0 Å². The highest BCUT2D eigenvalue weighted by atomic mass is 15.2. The Kier molecular flexibility index (Phi) is 5.21. The topological polar surface area (TPSA) is 15.3 Å². The fraction of sp³-hybridized carbons (Fsp3) is 0.625. The summed E-state index contributed by atoms with van der Waals surface area (Å²) in [6.45, 7) is 5.75. The Morgan fingerprint density at radius 3 is 2.89 bits per heavy atom. The van der Waals surface area contributed by atoms with Crippen molar-refractivity contribution >= 4 is 0 Å². The van der Waals surface area contributed by atoms with Crippen molar-refractivity contribution in [1.82, 2.24) is 10.2 Å². The molecule has 2 rings (SSSR count). The van der Waals surface area contributed by atoms with Crippen molar-refractivity contribution in [3.63, 3.8) is 0 Å². The summed E-state index contributed by atoms with van der Waals surface area (Å²) < 4.78 is 0. The van der Waals surface area contributed by atoms with Crippen LogP contribution in [0.5, 0.6) is 0 Å². The summed E-state index contributed by atoms with van der Waals surface area (Å²) in [5.41, 5.74) is 2.92. The lowest BCUT2D eigenvalue weighted by Gasteiger charge is -2.36. The monoisotopic (exact) mass is 246 g/mol. The zero-order valence-corrected chi connectivity index (χ0v) is 11.8. The first-order valence-corrected chi connectivity index (χ1v) is 7.24. The van der Waals surface area contributed by atoms with Gasteiger partial charge in [0.1, 0.15) is 0 Å². The molecule has 1 aromatic carbocycles. The number of piperidine rings is 1. The number of nitrogens with one attached hydrogen (secondary N) is 1. The minimum Gasteiger partial charge on any atom is -0.320 e. The van der Waals surface area contributed by atoms with Crippen LogP contribution in [0.15, 0.2) is 24.3 Å². The summed E-state index contributed by atoms with van der Waals surface area (Å²) in [5, 5.41) is 3.28. The van der Waals surface area contributed by atoms with E-state index in [4.69, 9.17) is 0 Å². The van der Waals surface area contributed by atoms with Crippen LogP contribution in [0.3, 0.4) is 0 Å². The molecule has 18 heavy (non-hydrogen) atoms. The van der Waals surface area contributed by atoms with Gasteiger partial charge in [-0.3, -0.25) is 4.90 Å². The molecule has 1 saturated heterocycles. The van der Waals surface area contributed by atoms with Gasteiger partial charge in [0.25, 0.3) is 0 Å². The van der Waals surface area contributed by atoms with E-state index < -0.39 is 0 Å². The van der Waals surface area contributed by atoms with Gasteiger partial charge in [0.2, 0.25) is 0 Å². The number of likely N-dealkylation sites (tertiary alicyclic amines) is 1. The number of aryl methyl sites for hydroxylation is 1. The summed E-state index contributed by atoms with van der Waals surface area (Å²) in [4.78, 5) is 2.68. The second-order valence-electron chi connectivity index (χ2n) is 5.44. The number of hydrogen-bond donors (Lipinski definition) is 1. The molecule has 2 nitrogen and oxygen atoms in total. The van der Waals surface area contributed by atoms with Gasteiger partial charge in [-0.25, -0.2) is 0 Å². The number of benzene rings is 1. The van der Waals surface area contributed by atoms with Gasteiger partial charge >= 0.3 is 0 Å². The van der Waals surface area contributed by atoms with Gasteiger partial charge in [-0.1, -0.05) is 30.7 Å². The Morgan fingerprint density at radius 1 is 1.28 bits per heavy atom. The summed E-state index contributed by atoms with van der Waals surface area (Å²) in [6, 6.07) is 9.56. The van der Waals surface area contributed by atoms with Gasteiger partial charge in [0, 0.05) is 12.6 Å². The summed E-state index contributed by atoms with van der Waals surface area (Å²) in [6.07, 6.45) is 5.41. The van der Waals surface area contributed by atoms with E-state index in [1.807, 2.05) is 0 Å². The first kappa shape index (κ1) is 13.6. The maximum absolute atomic E-state index is 3.28. The average molecular weight is 246 g/mol. The first-order chi connectivity index (χ1) is 8.81. The van der Waals surface area contributed by atoms with E-state index in [1.54, 1.807) is 0 Å². The second kappa shape index (κ2) is 6.91. The molecule has 2 heteroatoms. The van der Waals surface area contributed by atoms with Crippen molar-refractivity contribution in [2.24, 2.45) is 0 Å². The van der Waals surface area contributed by atoms with E-state index in [0.29, 0.717) is 0 Å². The van der Waals surface area contributed by atoms with Crippen LogP contribution in [-0.4, -0.2) is 31.1 Å². The highest BCUT2D eigenvalue weighted by molar-refractivity contribution is 5.25. The molecule has 1 aliphatic heterocycles. The standard InChI is InChI=1S/C16H26N2/c1-14-7-3-4-8-15(14)13-18-12-6-5-9-16(18)10-11-17-2/h3-4,7-8,16-17H,5-6,9-13H2,1-2H3. The zero-order chi connectivity index (χ0) is 12.8. The smallest absolute Gasteiger partial charge is 0.0239 e. The molecule has 0 spiro atoms. The Labute approximate surface area is 111 Å². The molecule has 0 radical (unpaired) electrons. The average Bonchev–Trinajstić information content (AvgIpc) is 2.40. The van der Waals surface area contributed by atoms with E-state index in [1.165, 1.54) is 43.4 Å². The van der Waals surface area contributed by atoms with Crippen molar-refractivity contribution < 1.29 is 0 Å². The predicted octanol–water partition coefficient (Wildman–Crippen LogP) is 2.96. The van der Waals surface area contributed by atoms with Crippen LogP contribution in [0.1, 0.15) is 36.8 Å². The minimum atomic E-state index is 0.769. The lowest BCUT2D eigenvalue weighted by atomic mass is 9.97. The number of nitrogens with zero attached hydrogens (tertiary/aromatic N) is 1. The molecule has 1 unspecified atom stereocenters. The molecule has 1 N–H and O–H groups in total. The first-order valence-electron chi connectivity index (χ1n) is 7.24. The Morgan fingerprint density at radius 2 is 2.11 bits per heavy atom. The van der Waals surface area contributed by atoms with E-state index in [2.05, 4.69) is 48.5 Å². The maximum Gasteiger partial charge on any atom is 0.0239 e. The molecule has 100 valence electrons. The third-order valence-electron chi connectivity index (χ3n) is 4.11. The van der Waals surface area contributed by atoms with Crippen LogP contribution in [0.4, 0.5) is 0 Å². The predicted molar refractivity (Wildman–Crippen MR) is 77.8 cm³/mol. The van der Waals surface area contributed by atoms with Crippen molar-refractivity contribution in [2.75, 3.05) is 20.1 Å². The van der Waals surface area contributed by atoms with Crippen molar-refractivity contribution in [3.05, 3.63) is 35.4 Å². The molecule has 1 aromatic rings. The third kappa shape index (κ3) is 3.56. The minimum absolute atomic E-state index is 0.769. The molecule has 1 fully saturated rings. The van der Waals surface area contributed by atoms with Crippen LogP contribution in [-0.2, 0) is 6.54 Å². The van der Waals surface area contributed by atoms with Crippen LogP contribution in [0.2, 0.25) is 0 Å². The molecule has 0 aromatic heterocycles. The summed E-state index contributed by atoms with van der Waals surface area (Å²) in [7, 11) is 2.05. The summed E-state index contributed by atoms with van der Waals surface area (Å²) >= 11 is 0. The molecule has 0 bridgehead atoms. The molecule has 0 saturated carbocycles. The van der Waals surface area contributed by atoms with Crippen LogP contribution in [0.25, 0.3) is 0 Å². The van der Waals surface area contributed by atoms with Crippen LogP contribution < -0.4 is 5.32 Å². The quantitative estimate of drug-likeness (QED) is 0.859. The van der Waals surface area contributed by atoms with E-state index in [9.17, 15) is 0 Å². The highest BCUT2D eigenvalue weighted by Crippen LogP contribution is 2.22. The van der Waals surface area contributed by atoms with Gasteiger partial charge in [-0.2, -0.15) is 0 Å². The third-order valence-corrected chi connectivity index (χ3v) is 4.11. The largest absolute Gasteiger partial charge is 0.320 e. The van der Waals surface area contributed by atoms with Crippen molar-refractivity contribution in [1.29, 1.82) is 0 Å². The van der Waals surface area contributed by atoms with Crippen LogP contribution >= 0.6 is 0 Å². The number of rotatable bonds is 5. The molecule has 1 heterocycles. The lowest BCUT2D eigenvalue weighted by molar-refractivity contribution is 0.132. The van der Waals surface area contributed by atoms with Crippen LogP contribution in [0, 0.1) is 6.92 Å². The molecule has 1 atom stereocenters. The van der Waals surface area contributed by atoms with Gasteiger partial charge in [-0.15, -0.1) is 0 Å². The SMILES string of the molecule is CNCCC1CCCCN1Cc1ccccc1C. The second-order valence-corrected chi connectivity index (χ2v) is 5.44. The van der Waals surface area contributed by atoms with Crippen molar-refractivity contribution in [3.8, 4) is 0 Å². The normalized spacial score (nSPS) is 21.1. The highest BCUT2D eigenvalue weighted by Gasteiger charge is 2.22. The fourth-order valence-electron chi connectivity index (χ4n) is 2.91. The van der Waals surface area contributed by atoms with Gasteiger partial charge < -0.3 is 5.32 Å². The molecule has 0 aliphatic carbocycles. The Hall–Kier alpha value is -0.860. The lowest BCUT2D eigenvalue weighted by Crippen LogP contribution is -2.40. The zero-order valence-electron chi connectivity index (χ0n) is 11.8. The van der Waals surface area contributed by atoms with Crippen molar-refractivity contribution in [2.45, 2.75) is 45.2 Å². The van der Waals surface area contributed by atoms with E-state index in [-0.39, 0.29) is 0 Å². The summed E-state index contributed by atoms with van der Waals surface area (Å²) in [5.74, 6) is 0.